The summed E-state index contributed by atoms with van der Waals surface area (Å²) in [4.78, 5) is 45.1. The summed E-state index contributed by atoms with van der Waals surface area (Å²) in [5.41, 5.74) is 1.27. The lowest BCUT2D eigenvalue weighted by Crippen LogP contribution is -2.44. The number of hydrogen-bond donors (Lipinski definition) is 2. The Hall–Kier alpha value is -4.79. The molecule has 9 heteroatoms. The zero-order chi connectivity index (χ0) is 28.9. The molecule has 0 aliphatic rings. The van der Waals surface area contributed by atoms with Gasteiger partial charge in [0.05, 0.1) is 0 Å². The van der Waals surface area contributed by atoms with E-state index in [4.69, 9.17) is 4.42 Å². The van der Waals surface area contributed by atoms with Crippen LogP contribution in [-0.2, 0) is 16.6 Å². The molecular weight excluding hydrogens is 513 g/mol. The molecule has 1 atom stereocenters. The molecule has 0 fully saturated rings. The van der Waals surface area contributed by atoms with Gasteiger partial charge >= 0.3 is 5.63 Å². The SMILES string of the molecule is CC(C)(C)c1ccc(N(C(=O)c2ccc(O)c(=O)o2)C(C(=O)NCCc2cccc(F)c2)c2cccnc2)cc1. The van der Waals surface area contributed by atoms with E-state index in [1.165, 1.54) is 29.3 Å². The monoisotopic (exact) mass is 543 g/mol. The summed E-state index contributed by atoms with van der Waals surface area (Å²) in [5.74, 6) is -2.66. The van der Waals surface area contributed by atoms with E-state index < -0.39 is 29.2 Å². The smallest absolute Gasteiger partial charge is 0.378 e. The number of amides is 2. The maximum Gasteiger partial charge on any atom is 0.378 e. The zero-order valence-corrected chi connectivity index (χ0v) is 22.4. The predicted octanol–water partition coefficient (Wildman–Crippen LogP) is 4.92. The first-order chi connectivity index (χ1) is 19.0. The van der Waals surface area contributed by atoms with Gasteiger partial charge in [-0.2, -0.15) is 0 Å². The summed E-state index contributed by atoms with van der Waals surface area (Å²) >= 11 is 0. The minimum Gasteiger partial charge on any atom is -0.502 e. The van der Waals surface area contributed by atoms with Crippen LogP contribution in [0, 0.1) is 5.82 Å². The topological polar surface area (TPSA) is 113 Å². The predicted molar refractivity (Wildman–Crippen MR) is 149 cm³/mol. The number of rotatable bonds is 8. The summed E-state index contributed by atoms with van der Waals surface area (Å²) < 4.78 is 18.7. The molecule has 2 amide bonds. The minimum absolute atomic E-state index is 0.159. The second-order valence-electron chi connectivity index (χ2n) is 10.3. The minimum atomic E-state index is -1.20. The summed E-state index contributed by atoms with van der Waals surface area (Å²) in [5, 5.41) is 12.5. The summed E-state index contributed by atoms with van der Waals surface area (Å²) in [6, 6.07) is 17.6. The highest BCUT2D eigenvalue weighted by molar-refractivity contribution is 6.08. The Morgan fingerprint density at radius 1 is 1.05 bits per heavy atom. The molecule has 0 bridgehead atoms. The second-order valence-corrected chi connectivity index (χ2v) is 10.3. The molecule has 0 saturated carbocycles. The van der Waals surface area contributed by atoms with Gasteiger partial charge in [-0.25, -0.2) is 9.18 Å². The molecule has 4 rings (SSSR count). The van der Waals surface area contributed by atoms with Crippen LogP contribution in [0.5, 0.6) is 5.75 Å². The van der Waals surface area contributed by atoms with Crippen LogP contribution in [0.2, 0.25) is 0 Å². The van der Waals surface area contributed by atoms with Gasteiger partial charge in [0.25, 0.3) is 5.91 Å². The van der Waals surface area contributed by atoms with E-state index in [9.17, 15) is 23.9 Å². The molecule has 40 heavy (non-hydrogen) atoms. The maximum absolute atomic E-state index is 13.9. The quantitative estimate of drug-likeness (QED) is 0.326. The van der Waals surface area contributed by atoms with Crippen molar-refractivity contribution in [1.82, 2.24) is 10.3 Å². The van der Waals surface area contributed by atoms with Crippen LogP contribution in [0.25, 0.3) is 0 Å². The number of benzene rings is 2. The van der Waals surface area contributed by atoms with Gasteiger partial charge in [0.15, 0.2) is 5.76 Å². The standard InChI is InChI=1S/C31H30FN3O5/c1-31(2,3)22-9-11-24(12-10-22)35(29(38)26-14-13-25(36)30(39)40-26)27(21-7-5-16-33-19-21)28(37)34-17-15-20-6-4-8-23(32)18-20/h4-14,16,18-19,27,36H,15,17H2,1-3H3,(H,34,37). The van der Waals surface area contributed by atoms with Crippen molar-refractivity contribution < 1.29 is 23.5 Å². The van der Waals surface area contributed by atoms with Gasteiger partial charge in [-0.1, -0.05) is 51.1 Å². The van der Waals surface area contributed by atoms with Gasteiger partial charge in [-0.3, -0.25) is 19.5 Å². The number of nitrogens with zero attached hydrogens (tertiary/aromatic N) is 2. The van der Waals surface area contributed by atoms with E-state index in [-0.39, 0.29) is 23.5 Å². The molecule has 0 spiro atoms. The molecule has 206 valence electrons. The highest BCUT2D eigenvalue weighted by Gasteiger charge is 2.35. The van der Waals surface area contributed by atoms with E-state index in [1.54, 1.807) is 42.6 Å². The number of aromatic nitrogens is 1. The summed E-state index contributed by atoms with van der Waals surface area (Å²) in [6.45, 7) is 6.35. The van der Waals surface area contributed by atoms with Crippen molar-refractivity contribution in [3.8, 4) is 5.75 Å². The lowest BCUT2D eigenvalue weighted by atomic mass is 9.87. The average molecular weight is 544 g/mol. The third-order valence-electron chi connectivity index (χ3n) is 6.35. The molecular formula is C31H30FN3O5. The molecule has 0 aliphatic carbocycles. The molecule has 0 saturated heterocycles. The summed E-state index contributed by atoms with van der Waals surface area (Å²) in [7, 11) is 0. The fourth-order valence-electron chi connectivity index (χ4n) is 4.22. The van der Waals surface area contributed by atoms with Gasteiger partial charge in [0.1, 0.15) is 11.9 Å². The van der Waals surface area contributed by atoms with Gasteiger partial charge in [0, 0.05) is 30.2 Å². The van der Waals surface area contributed by atoms with E-state index in [1.807, 2.05) is 12.1 Å². The maximum atomic E-state index is 13.9. The van der Waals surface area contributed by atoms with Gasteiger partial charge in [-0.05, 0) is 65.4 Å². The molecule has 8 nitrogen and oxygen atoms in total. The Bertz CT molecular complexity index is 1550. The van der Waals surface area contributed by atoms with Crippen molar-refractivity contribution >= 4 is 17.5 Å². The number of anilines is 1. The zero-order valence-electron chi connectivity index (χ0n) is 22.4. The Balaban J connectivity index is 1.75. The molecule has 0 radical (unpaired) electrons. The van der Waals surface area contributed by atoms with Crippen LogP contribution < -0.4 is 15.8 Å². The fraction of sp³-hybridized carbons (Fsp3) is 0.226. The van der Waals surface area contributed by atoms with Crippen molar-refractivity contribution in [2.75, 3.05) is 11.4 Å². The normalized spacial score (nSPS) is 12.0. The van der Waals surface area contributed by atoms with E-state index >= 15 is 0 Å². The molecule has 2 heterocycles. The van der Waals surface area contributed by atoms with Crippen molar-refractivity contribution in [3.63, 3.8) is 0 Å². The highest BCUT2D eigenvalue weighted by Crippen LogP contribution is 2.32. The number of hydrogen-bond acceptors (Lipinski definition) is 6. The molecule has 1 unspecified atom stereocenters. The van der Waals surface area contributed by atoms with E-state index in [0.29, 0.717) is 23.2 Å². The number of halogens is 1. The first-order valence-electron chi connectivity index (χ1n) is 12.7. The Kier molecular flexibility index (Phi) is 8.43. The second kappa shape index (κ2) is 11.9. The largest absolute Gasteiger partial charge is 0.502 e. The average Bonchev–Trinajstić information content (AvgIpc) is 2.93. The number of nitrogens with one attached hydrogen (secondary N) is 1. The van der Waals surface area contributed by atoms with Crippen LogP contribution in [-0.4, -0.2) is 28.4 Å². The number of pyridine rings is 1. The number of aromatic hydroxyl groups is 1. The number of carbonyl (C=O) groups excluding carboxylic acids is 2. The molecule has 2 aromatic heterocycles. The first kappa shape index (κ1) is 28.2. The van der Waals surface area contributed by atoms with Gasteiger partial charge in [0.2, 0.25) is 11.7 Å². The van der Waals surface area contributed by atoms with Gasteiger partial charge in [-0.15, -0.1) is 0 Å². The lowest BCUT2D eigenvalue weighted by Gasteiger charge is -2.31. The molecule has 2 aromatic carbocycles. The highest BCUT2D eigenvalue weighted by atomic mass is 19.1. The first-order valence-corrected chi connectivity index (χ1v) is 12.7. The third-order valence-corrected chi connectivity index (χ3v) is 6.35. The van der Waals surface area contributed by atoms with Crippen molar-refractivity contribution in [3.05, 3.63) is 124 Å². The summed E-state index contributed by atoms with van der Waals surface area (Å²) in [6.07, 6.45) is 3.39. The van der Waals surface area contributed by atoms with E-state index in [0.717, 1.165) is 11.6 Å². The van der Waals surface area contributed by atoms with Crippen LogP contribution in [0.15, 0.2) is 94.4 Å². The van der Waals surface area contributed by atoms with E-state index in [2.05, 4.69) is 31.1 Å². The Labute approximate surface area is 231 Å². The molecule has 4 aromatic rings. The Morgan fingerprint density at radius 3 is 2.42 bits per heavy atom. The lowest BCUT2D eigenvalue weighted by molar-refractivity contribution is -0.122. The number of carbonyl (C=O) groups is 2. The third kappa shape index (κ3) is 6.61. The fourth-order valence-corrected chi connectivity index (χ4v) is 4.22. The molecule has 0 aliphatic heterocycles. The van der Waals surface area contributed by atoms with Crippen LogP contribution in [0.1, 0.15) is 54.1 Å². The van der Waals surface area contributed by atoms with Crippen molar-refractivity contribution in [2.45, 2.75) is 38.6 Å². The van der Waals surface area contributed by atoms with Crippen LogP contribution >= 0.6 is 0 Å². The van der Waals surface area contributed by atoms with Crippen LogP contribution in [0.4, 0.5) is 10.1 Å². The Morgan fingerprint density at radius 2 is 1.80 bits per heavy atom. The van der Waals surface area contributed by atoms with Gasteiger partial charge < -0.3 is 14.8 Å². The van der Waals surface area contributed by atoms with Crippen LogP contribution in [0.3, 0.4) is 0 Å². The van der Waals surface area contributed by atoms with Crippen molar-refractivity contribution in [1.29, 1.82) is 0 Å². The van der Waals surface area contributed by atoms with Crippen molar-refractivity contribution in [2.24, 2.45) is 0 Å². The molecule has 2 N–H and O–H groups in total.